The number of unbranched alkanes of at least 4 members (excludes halogenated alkanes) is 3. The van der Waals surface area contributed by atoms with Gasteiger partial charge in [-0.05, 0) is 38.3 Å². The van der Waals surface area contributed by atoms with Crippen molar-refractivity contribution in [2.75, 3.05) is 19.6 Å². The summed E-state index contributed by atoms with van der Waals surface area (Å²) in [5.74, 6) is 1.02. The first-order valence-electron chi connectivity index (χ1n) is 6.80. The van der Waals surface area contributed by atoms with Gasteiger partial charge in [-0.2, -0.15) is 0 Å². The molecule has 1 saturated heterocycles. The minimum absolute atomic E-state index is 0.238. The van der Waals surface area contributed by atoms with Crippen LogP contribution in [0.3, 0.4) is 0 Å². The summed E-state index contributed by atoms with van der Waals surface area (Å²) in [5.41, 5.74) is 0. The lowest BCUT2D eigenvalue weighted by atomic mass is 10.1. The summed E-state index contributed by atoms with van der Waals surface area (Å²) in [6.45, 7) is 5.33. The number of hydrogen-bond acceptors (Lipinski definition) is 2. The van der Waals surface area contributed by atoms with Crippen molar-refractivity contribution in [1.29, 1.82) is 0 Å². The van der Waals surface area contributed by atoms with Gasteiger partial charge in [-0.3, -0.25) is 4.79 Å². The van der Waals surface area contributed by atoms with Crippen molar-refractivity contribution in [3.8, 4) is 0 Å². The number of amides is 1. The molecule has 0 aromatic heterocycles. The van der Waals surface area contributed by atoms with Crippen LogP contribution in [-0.2, 0) is 4.79 Å². The average Bonchev–Trinajstić information content (AvgIpc) is 2.77. The van der Waals surface area contributed by atoms with E-state index in [-0.39, 0.29) is 5.91 Å². The van der Waals surface area contributed by atoms with Crippen LogP contribution in [0.2, 0.25) is 0 Å². The summed E-state index contributed by atoms with van der Waals surface area (Å²) in [6.07, 6.45) is 7.83. The molecular weight excluding hydrogens is 200 g/mol. The molecule has 1 unspecified atom stereocenters. The number of nitrogens with one attached hydrogen (secondary N) is 2. The lowest BCUT2D eigenvalue weighted by Gasteiger charge is -2.09. The van der Waals surface area contributed by atoms with E-state index in [0.29, 0.717) is 6.42 Å². The third-order valence-corrected chi connectivity index (χ3v) is 3.29. The molecule has 94 valence electrons. The second-order valence-electron chi connectivity index (χ2n) is 4.81. The molecule has 0 aromatic carbocycles. The Bertz CT molecular complexity index is 188. The highest BCUT2D eigenvalue weighted by atomic mass is 16.1. The Hall–Kier alpha value is -0.570. The van der Waals surface area contributed by atoms with E-state index in [1.165, 1.54) is 25.7 Å². The lowest BCUT2D eigenvalue weighted by Crippen LogP contribution is -2.26. The molecule has 0 aliphatic carbocycles. The maximum absolute atomic E-state index is 11.5. The predicted octanol–water partition coefficient (Wildman–Crippen LogP) is 2.07. The first kappa shape index (κ1) is 13.5. The Labute approximate surface area is 99.4 Å². The van der Waals surface area contributed by atoms with Crippen molar-refractivity contribution in [3.63, 3.8) is 0 Å². The van der Waals surface area contributed by atoms with Gasteiger partial charge in [-0.1, -0.05) is 26.2 Å². The summed E-state index contributed by atoms with van der Waals surface area (Å²) in [7, 11) is 0. The molecule has 0 spiro atoms. The predicted molar refractivity (Wildman–Crippen MR) is 67.4 cm³/mol. The van der Waals surface area contributed by atoms with Gasteiger partial charge >= 0.3 is 0 Å². The molecule has 16 heavy (non-hydrogen) atoms. The minimum atomic E-state index is 0.238. The van der Waals surface area contributed by atoms with Crippen molar-refractivity contribution >= 4 is 5.91 Å². The van der Waals surface area contributed by atoms with Crippen LogP contribution in [0.1, 0.15) is 51.9 Å². The summed E-state index contributed by atoms with van der Waals surface area (Å²) in [4.78, 5) is 11.5. The van der Waals surface area contributed by atoms with Crippen LogP contribution in [0, 0.1) is 5.92 Å². The largest absolute Gasteiger partial charge is 0.356 e. The fourth-order valence-corrected chi connectivity index (χ4v) is 2.18. The molecule has 1 heterocycles. The number of carbonyl (C=O) groups excluding carboxylic acids is 1. The van der Waals surface area contributed by atoms with E-state index < -0.39 is 0 Å². The molecule has 1 aliphatic heterocycles. The second kappa shape index (κ2) is 8.57. The van der Waals surface area contributed by atoms with Gasteiger partial charge in [0.15, 0.2) is 0 Å². The molecule has 3 nitrogen and oxygen atoms in total. The van der Waals surface area contributed by atoms with E-state index in [9.17, 15) is 4.79 Å². The zero-order valence-electron chi connectivity index (χ0n) is 10.6. The fourth-order valence-electron chi connectivity index (χ4n) is 2.18. The molecule has 3 heteroatoms. The van der Waals surface area contributed by atoms with Gasteiger partial charge in [-0.25, -0.2) is 0 Å². The van der Waals surface area contributed by atoms with E-state index in [1.807, 2.05) is 0 Å². The van der Waals surface area contributed by atoms with Crippen LogP contribution < -0.4 is 10.6 Å². The summed E-state index contributed by atoms with van der Waals surface area (Å²) >= 11 is 0. The minimum Gasteiger partial charge on any atom is -0.356 e. The first-order chi connectivity index (χ1) is 7.83. The number of rotatable bonds is 8. The van der Waals surface area contributed by atoms with E-state index in [1.54, 1.807) is 0 Å². The Morgan fingerprint density at radius 2 is 2.25 bits per heavy atom. The van der Waals surface area contributed by atoms with E-state index in [4.69, 9.17) is 0 Å². The molecule has 0 aromatic rings. The summed E-state index contributed by atoms with van der Waals surface area (Å²) in [5, 5.41) is 6.37. The van der Waals surface area contributed by atoms with Gasteiger partial charge < -0.3 is 10.6 Å². The molecular formula is C13H26N2O. The van der Waals surface area contributed by atoms with Crippen LogP contribution in [-0.4, -0.2) is 25.5 Å². The Kier molecular flexibility index (Phi) is 7.23. The molecule has 1 atom stereocenters. The standard InChI is InChI=1S/C13H26N2O/c1-2-3-4-5-6-13(16)15-10-8-12-7-9-14-11-12/h12,14H,2-11H2,1H3,(H,15,16). The van der Waals surface area contributed by atoms with Gasteiger partial charge in [0.1, 0.15) is 0 Å². The molecule has 2 N–H and O–H groups in total. The quantitative estimate of drug-likeness (QED) is 0.622. The van der Waals surface area contributed by atoms with E-state index >= 15 is 0 Å². The average molecular weight is 226 g/mol. The normalized spacial score (nSPS) is 19.9. The topological polar surface area (TPSA) is 41.1 Å². The maximum Gasteiger partial charge on any atom is 0.219 e. The lowest BCUT2D eigenvalue weighted by molar-refractivity contribution is -0.121. The zero-order valence-corrected chi connectivity index (χ0v) is 10.6. The molecule has 0 radical (unpaired) electrons. The van der Waals surface area contributed by atoms with Crippen molar-refractivity contribution in [3.05, 3.63) is 0 Å². The molecule has 1 aliphatic rings. The summed E-state index contributed by atoms with van der Waals surface area (Å²) in [6, 6.07) is 0. The van der Waals surface area contributed by atoms with E-state index in [0.717, 1.165) is 38.4 Å². The van der Waals surface area contributed by atoms with Crippen LogP contribution in [0.5, 0.6) is 0 Å². The van der Waals surface area contributed by atoms with E-state index in [2.05, 4.69) is 17.6 Å². The molecule has 1 rings (SSSR count). The first-order valence-corrected chi connectivity index (χ1v) is 6.80. The number of carbonyl (C=O) groups is 1. The number of hydrogen-bond donors (Lipinski definition) is 2. The Balaban J connectivity index is 1.89. The molecule has 1 amide bonds. The van der Waals surface area contributed by atoms with Crippen LogP contribution in [0.25, 0.3) is 0 Å². The molecule has 0 saturated carbocycles. The highest BCUT2D eigenvalue weighted by Gasteiger charge is 2.13. The van der Waals surface area contributed by atoms with Crippen LogP contribution in [0.4, 0.5) is 0 Å². The Morgan fingerprint density at radius 3 is 2.94 bits per heavy atom. The van der Waals surface area contributed by atoms with Crippen molar-refractivity contribution in [2.24, 2.45) is 5.92 Å². The van der Waals surface area contributed by atoms with Crippen molar-refractivity contribution in [1.82, 2.24) is 10.6 Å². The van der Waals surface area contributed by atoms with Crippen molar-refractivity contribution in [2.45, 2.75) is 51.9 Å². The van der Waals surface area contributed by atoms with Gasteiger partial charge in [0.2, 0.25) is 5.91 Å². The Morgan fingerprint density at radius 1 is 1.38 bits per heavy atom. The summed E-state index contributed by atoms with van der Waals surface area (Å²) < 4.78 is 0. The van der Waals surface area contributed by atoms with Gasteiger partial charge in [-0.15, -0.1) is 0 Å². The van der Waals surface area contributed by atoms with Crippen molar-refractivity contribution < 1.29 is 4.79 Å². The molecule has 1 fully saturated rings. The molecule has 0 bridgehead atoms. The second-order valence-corrected chi connectivity index (χ2v) is 4.81. The highest BCUT2D eigenvalue weighted by molar-refractivity contribution is 5.75. The third-order valence-electron chi connectivity index (χ3n) is 3.29. The third kappa shape index (κ3) is 6.11. The van der Waals surface area contributed by atoms with Gasteiger partial charge in [0.25, 0.3) is 0 Å². The fraction of sp³-hybridized carbons (Fsp3) is 0.923. The SMILES string of the molecule is CCCCCCC(=O)NCCC1CCNC1. The van der Waals surface area contributed by atoms with Gasteiger partial charge in [0.05, 0.1) is 0 Å². The maximum atomic E-state index is 11.5. The monoisotopic (exact) mass is 226 g/mol. The smallest absolute Gasteiger partial charge is 0.219 e. The van der Waals surface area contributed by atoms with Crippen LogP contribution in [0.15, 0.2) is 0 Å². The van der Waals surface area contributed by atoms with Gasteiger partial charge in [0, 0.05) is 13.0 Å². The van der Waals surface area contributed by atoms with Crippen LogP contribution >= 0.6 is 0 Å². The zero-order chi connectivity index (χ0) is 11.6. The highest BCUT2D eigenvalue weighted by Crippen LogP contribution is 2.10.